The molecule has 0 saturated carbocycles. The number of pyridine rings is 1. The molecule has 4 nitrogen and oxygen atoms in total. The molecule has 0 radical (unpaired) electrons. The van der Waals surface area contributed by atoms with E-state index >= 15 is 0 Å². The molecule has 32 heavy (non-hydrogen) atoms. The molecule has 0 aliphatic carbocycles. The summed E-state index contributed by atoms with van der Waals surface area (Å²) in [4.78, 5) is 3.90. The summed E-state index contributed by atoms with van der Waals surface area (Å²) < 4.78 is 44.1. The van der Waals surface area contributed by atoms with E-state index in [1.807, 2.05) is 12.1 Å². The molecule has 0 fully saturated rings. The summed E-state index contributed by atoms with van der Waals surface area (Å²) in [5.41, 5.74) is 2.64. The van der Waals surface area contributed by atoms with E-state index in [0.717, 1.165) is 5.56 Å². The fourth-order valence-electron chi connectivity index (χ4n) is 3.66. The van der Waals surface area contributed by atoms with Crippen molar-refractivity contribution in [1.29, 1.82) is 5.26 Å². The zero-order valence-corrected chi connectivity index (χ0v) is 17.5. The highest BCUT2D eigenvalue weighted by molar-refractivity contribution is 6.30. The third-order valence-electron chi connectivity index (χ3n) is 5.21. The molecule has 0 bridgehead atoms. The number of rotatable bonds is 6. The van der Waals surface area contributed by atoms with E-state index in [1.165, 1.54) is 12.3 Å². The molecule has 1 unspecified atom stereocenters. The predicted molar refractivity (Wildman–Crippen MR) is 117 cm³/mol. The van der Waals surface area contributed by atoms with Crippen LogP contribution >= 0.6 is 11.6 Å². The highest BCUT2D eigenvalue weighted by Gasteiger charge is 2.42. The first-order valence-electron chi connectivity index (χ1n) is 9.81. The first-order chi connectivity index (χ1) is 15.3. The van der Waals surface area contributed by atoms with Crippen molar-refractivity contribution < 1.29 is 13.2 Å². The average molecular weight is 455 g/mol. The van der Waals surface area contributed by atoms with Gasteiger partial charge in [0.1, 0.15) is 6.04 Å². The third kappa shape index (κ3) is 4.77. The van der Waals surface area contributed by atoms with Crippen molar-refractivity contribution in [1.82, 2.24) is 14.9 Å². The van der Waals surface area contributed by atoms with Gasteiger partial charge in [0.15, 0.2) is 0 Å². The minimum atomic E-state index is -4.51. The highest BCUT2D eigenvalue weighted by Crippen LogP contribution is 2.38. The molecule has 2 heterocycles. The Kier molecular flexibility index (Phi) is 6.17. The molecule has 2 aromatic carbocycles. The van der Waals surface area contributed by atoms with E-state index in [1.54, 1.807) is 53.4 Å². The lowest BCUT2D eigenvalue weighted by Crippen LogP contribution is -2.33. The molecular weight excluding hydrogens is 437 g/mol. The number of halogens is 4. The molecule has 0 aliphatic rings. The first kappa shape index (κ1) is 21.9. The van der Waals surface area contributed by atoms with Crippen LogP contribution in [0.4, 0.5) is 13.2 Å². The van der Waals surface area contributed by atoms with Gasteiger partial charge in [-0.05, 0) is 47.5 Å². The molecule has 0 spiro atoms. The zero-order valence-electron chi connectivity index (χ0n) is 16.8. The predicted octanol–water partition coefficient (Wildman–Crippen LogP) is 6.00. The molecular formula is C24H18ClF3N4. The lowest BCUT2D eigenvalue weighted by molar-refractivity contribution is -0.157. The number of alkyl halides is 3. The van der Waals surface area contributed by atoms with Crippen LogP contribution in [-0.2, 0) is 13.1 Å². The monoisotopic (exact) mass is 454 g/mol. The molecule has 162 valence electrons. The lowest BCUT2D eigenvalue weighted by atomic mass is 10.0. The number of hydrogen-bond acceptors (Lipinski definition) is 3. The number of nitrogens with one attached hydrogen (secondary N) is 1. The Morgan fingerprint density at radius 1 is 1.03 bits per heavy atom. The van der Waals surface area contributed by atoms with Crippen LogP contribution in [0.2, 0.25) is 5.02 Å². The largest absolute Gasteiger partial charge is 0.407 e. The molecule has 0 aliphatic heterocycles. The molecule has 4 rings (SSSR count). The number of fused-ring (bicyclic) bond motifs is 1. The van der Waals surface area contributed by atoms with Crippen LogP contribution in [0.25, 0.3) is 10.9 Å². The van der Waals surface area contributed by atoms with Crippen molar-refractivity contribution >= 4 is 22.5 Å². The van der Waals surface area contributed by atoms with Gasteiger partial charge < -0.3 is 4.57 Å². The molecule has 1 N–H and O–H groups in total. The molecule has 4 aromatic rings. The van der Waals surface area contributed by atoms with Gasteiger partial charge in [0, 0.05) is 53.2 Å². The van der Waals surface area contributed by atoms with Crippen molar-refractivity contribution in [2.24, 2.45) is 0 Å². The lowest BCUT2D eigenvalue weighted by Gasteiger charge is -2.21. The SMILES string of the molecule is N#Cc1ccc2c(C(NCc3ccncc3)C(F)(F)F)cn(Cc3ccc(Cl)cc3)c2c1. The summed E-state index contributed by atoms with van der Waals surface area (Å²) in [5, 5.41) is 13.0. The second-order valence-electron chi connectivity index (χ2n) is 7.39. The van der Waals surface area contributed by atoms with E-state index in [0.29, 0.717) is 33.6 Å². The average Bonchev–Trinajstić information content (AvgIpc) is 3.12. The topological polar surface area (TPSA) is 53.6 Å². The van der Waals surface area contributed by atoms with Crippen LogP contribution in [0.3, 0.4) is 0 Å². The van der Waals surface area contributed by atoms with Crippen LogP contribution in [0, 0.1) is 11.3 Å². The van der Waals surface area contributed by atoms with E-state index in [-0.39, 0.29) is 12.1 Å². The summed E-state index contributed by atoms with van der Waals surface area (Å²) in [5.74, 6) is 0. The zero-order chi connectivity index (χ0) is 22.7. The van der Waals surface area contributed by atoms with Gasteiger partial charge in [0.05, 0.1) is 11.6 Å². The van der Waals surface area contributed by atoms with Gasteiger partial charge in [-0.3, -0.25) is 10.3 Å². The Hall–Kier alpha value is -3.34. The number of aromatic nitrogens is 2. The quantitative estimate of drug-likeness (QED) is 0.388. The summed E-state index contributed by atoms with van der Waals surface area (Å²) >= 11 is 5.95. The summed E-state index contributed by atoms with van der Waals surface area (Å²) in [7, 11) is 0. The van der Waals surface area contributed by atoms with E-state index in [4.69, 9.17) is 11.6 Å². The maximum atomic E-state index is 14.1. The van der Waals surface area contributed by atoms with Crippen molar-refractivity contribution in [3.63, 3.8) is 0 Å². The number of hydrogen-bond donors (Lipinski definition) is 1. The van der Waals surface area contributed by atoms with Gasteiger partial charge in [-0.15, -0.1) is 0 Å². The maximum absolute atomic E-state index is 14.1. The van der Waals surface area contributed by atoms with Gasteiger partial charge in [0.2, 0.25) is 0 Å². The van der Waals surface area contributed by atoms with Crippen molar-refractivity contribution in [3.05, 3.63) is 100 Å². The molecule has 0 saturated heterocycles. The summed E-state index contributed by atoms with van der Waals surface area (Å²) in [6.07, 6.45) is 0.0838. The smallest absolute Gasteiger partial charge is 0.343 e. The standard InChI is InChI=1S/C24H18ClF3N4/c25-19-4-1-17(2-5-19)14-32-15-21(20-6-3-18(12-29)11-22(20)32)23(24(26,27)28)31-13-16-7-9-30-10-8-16/h1-11,15,23,31H,13-14H2. The molecule has 8 heteroatoms. The normalized spacial score (nSPS) is 12.6. The Balaban J connectivity index is 1.76. The summed E-state index contributed by atoms with van der Waals surface area (Å²) in [6.45, 7) is 0.379. The number of benzene rings is 2. The number of nitrogens with zero attached hydrogens (tertiary/aromatic N) is 3. The second kappa shape index (κ2) is 9.03. The minimum Gasteiger partial charge on any atom is -0.343 e. The van der Waals surface area contributed by atoms with Crippen LogP contribution in [0.1, 0.15) is 28.3 Å². The van der Waals surface area contributed by atoms with Crippen molar-refractivity contribution in [3.8, 4) is 6.07 Å². The van der Waals surface area contributed by atoms with Gasteiger partial charge in [-0.2, -0.15) is 18.4 Å². The van der Waals surface area contributed by atoms with Gasteiger partial charge in [0.25, 0.3) is 0 Å². The van der Waals surface area contributed by atoms with Crippen molar-refractivity contribution in [2.75, 3.05) is 0 Å². The van der Waals surface area contributed by atoms with E-state index < -0.39 is 12.2 Å². The second-order valence-corrected chi connectivity index (χ2v) is 7.83. The Bertz CT molecular complexity index is 1260. The van der Waals surface area contributed by atoms with Gasteiger partial charge in [-0.1, -0.05) is 29.8 Å². The van der Waals surface area contributed by atoms with Crippen LogP contribution in [0.15, 0.2) is 73.2 Å². The van der Waals surface area contributed by atoms with Crippen molar-refractivity contribution in [2.45, 2.75) is 25.3 Å². The third-order valence-corrected chi connectivity index (χ3v) is 5.46. The number of nitriles is 1. The Morgan fingerprint density at radius 3 is 2.41 bits per heavy atom. The Labute approximate surface area is 187 Å². The van der Waals surface area contributed by atoms with Crippen LogP contribution in [-0.4, -0.2) is 15.7 Å². The minimum absolute atomic E-state index is 0.0346. The fourth-order valence-corrected chi connectivity index (χ4v) is 3.79. The van der Waals surface area contributed by atoms with E-state index in [2.05, 4.69) is 16.4 Å². The van der Waals surface area contributed by atoms with Gasteiger partial charge in [-0.25, -0.2) is 0 Å². The molecule has 1 atom stereocenters. The van der Waals surface area contributed by atoms with Gasteiger partial charge >= 0.3 is 6.18 Å². The van der Waals surface area contributed by atoms with Crippen LogP contribution in [0.5, 0.6) is 0 Å². The summed E-state index contributed by atoms with van der Waals surface area (Å²) in [6, 6.07) is 15.4. The first-order valence-corrected chi connectivity index (χ1v) is 10.2. The maximum Gasteiger partial charge on any atom is 0.407 e. The fraction of sp³-hybridized carbons (Fsp3) is 0.167. The highest BCUT2D eigenvalue weighted by atomic mass is 35.5. The van der Waals surface area contributed by atoms with E-state index in [9.17, 15) is 18.4 Å². The molecule has 0 amide bonds. The Morgan fingerprint density at radius 2 is 1.75 bits per heavy atom. The van der Waals surface area contributed by atoms with Crippen LogP contribution < -0.4 is 5.32 Å². The molecule has 2 aromatic heterocycles.